The van der Waals surface area contributed by atoms with Crippen LogP contribution in [-0.4, -0.2) is 22.3 Å². The van der Waals surface area contributed by atoms with Crippen LogP contribution in [-0.2, 0) is 6.18 Å². The number of hydrogen-bond donors (Lipinski definition) is 3. The number of carbonyl (C=O) groups excluding carboxylic acids is 1. The van der Waals surface area contributed by atoms with Gasteiger partial charge in [0, 0.05) is 11.9 Å². The van der Waals surface area contributed by atoms with Gasteiger partial charge in [-0.1, -0.05) is 24.3 Å². The van der Waals surface area contributed by atoms with E-state index < -0.39 is 17.6 Å². The second-order valence-electron chi connectivity index (χ2n) is 6.03. The molecule has 1 aromatic heterocycles. The van der Waals surface area contributed by atoms with Crippen LogP contribution in [0.25, 0.3) is 0 Å². The van der Waals surface area contributed by atoms with Crippen molar-refractivity contribution in [3.63, 3.8) is 0 Å². The molecule has 3 rings (SSSR count). The Morgan fingerprint density at radius 3 is 2.54 bits per heavy atom. The molecule has 0 atom stereocenters. The molecule has 28 heavy (non-hydrogen) atoms. The number of aliphatic imine (C=N–C) groups is 1. The summed E-state index contributed by atoms with van der Waals surface area (Å²) in [5.74, 6) is -0.441. The lowest BCUT2D eigenvalue weighted by molar-refractivity contribution is -0.137. The first-order chi connectivity index (χ1) is 13.2. The lowest BCUT2D eigenvalue weighted by atomic mass is 10.1. The number of hydrogen-bond acceptors (Lipinski definition) is 4. The summed E-state index contributed by atoms with van der Waals surface area (Å²) >= 11 is 0. The molecule has 2 aromatic carbocycles. The Morgan fingerprint density at radius 2 is 1.93 bits per heavy atom. The van der Waals surface area contributed by atoms with E-state index in [-0.39, 0.29) is 17.2 Å². The molecular weight excluding hydrogens is 371 g/mol. The smallest absolute Gasteiger partial charge is 0.365 e. The number of nitrogens with two attached hydrogens (primary N) is 1. The van der Waals surface area contributed by atoms with Gasteiger partial charge in [0.1, 0.15) is 11.4 Å². The van der Waals surface area contributed by atoms with Crippen LogP contribution in [0.2, 0.25) is 0 Å². The number of amides is 1. The molecule has 0 aliphatic heterocycles. The molecule has 0 saturated carbocycles. The van der Waals surface area contributed by atoms with E-state index in [4.69, 9.17) is 5.73 Å². The second kappa shape index (κ2) is 7.55. The topological polar surface area (TPSA) is 96.2 Å². The lowest BCUT2D eigenvalue weighted by Crippen LogP contribution is -2.12. The monoisotopic (exact) mass is 387 g/mol. The van der Waals surface area contributed by atoms with Crippen molar-refractivity contribution in [2.75, 3.05) is 5.32 Å². The van der Waals surface area contributed by atoms with Gasteiger partial charge in [-0.15, -0.1) is 0 Å². The van der Waals surface area contributed by atoms with Crippen molar-refractivity contribution in [2.45, 2.75) is 13.1 Å². The first kappa shape index (κ1) is 19.2. The summed E-state index contributed by atoms with van der Waals surface area (Å²) in [5, 5.41) is 9.65. The molecule has 0 aliphatic carbocycles. The molecule has 4 N–H and O–H groups in total. The van der Waals surface area contributed by atoms with Gasteiger partial charge in [-0.3, -0.25) is 9.89 Å². The molecule has 0 unspecified atom stereocenters. The Hall–Kier alpha value is -3.62. The van der Waals surface area contributed by atoms with Gasteiger partial charge in [0.15, 0.2) is 5.82 Å². The fraction of sp³-hybridized carbons (Fsp3) is 0.105. The Morgan fingerprint density at radius 1 is 1.21 bits per heavy atom. The minimum absolute atomic E-state index is 0.0301. The normalized spacial score (nSPS) is 11.7. The summed E-state index contributed by atoms with van der Waals surface area (Å²) in [6, 6.07) is 11.9. The maximum atomic E-state index is 12.6. The van der Waals surface area contributed by atoms with Gasteiger partial charge >= 0.3 is 6.18 Å². The minimum atomic E-state index is -4.41. The highest BCUT2D eigenvalue weighted by Gasteiger charge is 2.29. The van der Waals surface area contributed by atoms with Gasteiger partial charge in [-0.25, -0.2) is 4.99 Å². The number of nitrogens with one attached hydrogen (secondary N) is 2. The van der Waals surface area contributed by atoms with E-state index in [0.29, 0.717) is 5.56 Å². The Balaban J connectivity index is 1.85. The number of aromatic amines is 1. The highest BCUT2D eigenvalue weighted by Crippen LogP contribution is 2.29. The Labute approximate surface area is 158 Å². The van der Waals surface area contributed by atoms with Gasteiger partial charge in [0.2, 0.25) is 0 Å². The van der Waals surface area contributed by atoms with Crippen molar-refractivity contribution >= 4 is 29.4 Å². The van der Waals surface area contributed by atoms with E-state index in [1.807, 2.05) is 31.2 Å². The molecule has 0 bridgehead atoms. The summed E-state index contributed by atoms with van der Waals surface area (Å²) in [7, 11) is 0. The van der Waals surface area contributed by atoms with E-state index in [1.165, 1.54) is 18.3 Å². The first-order valence-corrected chi connectivity index (χ1v) is 8.17. The molecule has 0 aliphatic rings. The van der Waals surface area contributed by atoms with E-state index in [2.05, 4.69) is 20.5 Å². The quantitative estimate of drug-likeness (QED) is 0.569. The van der Waals surface area contributed by atoms with Crippen LogP contribution < -0.4 is 11.1 Å². The number of nitrogens with zero attached hydrogens (tertiary/aromatic N) is 2. The highest BCUT2D eigenvalue weighted by molar-refractivity contribution is 6.03. The summed E-state index contributed by atoms with van der Waals surface area (Å²) in [6.07, 6.45) is -3.10. The highest BCUT2D eigenvalue weighted by atomic mass is 19.4. The summed E-state index contributed by atoms with van der Waals surface area (Å²) in [5.41, 5.74) is 6.89. The van der Waals surface area contributed by atoms with Crippen LogP contribution in [0.4, 0.5) is 30.5 Å². The molecular formula is C19H16F3N5O. The molecule has 0 spiro atoms. The summed E-state index contributed by atoms with van der Waals surface area (Å²) in [6.45, 7) is 1.92. The molecule has 6 nitrogen and oxygen atoms in total. The molecule has 9 heteroatoms. The number of aromatic nitrogens is 2. The zero-order valence-electron chi connectivity index (χ0n) is 14.7. The Bertz CT molecular complexity index is 1020. The minimum Gasteiger partial charge on any atom is -0.365 e. The molecule has 0 radical (unpaired) electrons. The molecule has 144 valence electrons. The predicted octanol–water partition coefficient (Wildman–Crippen LogP) is 4.33. The molecule has 0 saturated heterocycles. The van der Waals surface area contributed by atoms with Crippen LogP contribution in [0.1, 0.15) is 27.0 Å². The Kier molecular flexibility index (Phi) is 5.16. The number of primary amides is 1. The van der Waals surface area contributed by atoms with Crippen molar-refractivity contribution < 1.29 is 18.0 Å². The number of rotatable bonds is 5. The predicted molar refractivity (Wildman–Crippen MR) is 100 cm³/mol. The second-order valence-corrected chi connectivity index (χ2v) is 6.03. The number of alkyl halides is 3. The standard InChI is InChI=1S/C19H16F3N5O/c1-11-3-2-4-14(9-11)25-18-15(16(23)28)17(26-27-18)24-10-12-5-7-13(8-6-12)19(20,21)22/h2-10H,1H3,(H2,23,28)(H2,25,26,27). The van der Waals surface area contributed by atoms with Gasteiger partial charge < -0.3 is 11.1 Å². The zero-order valence-corrected chi connectivity index (χ0v) is 14.7. The van der Waals surface area contributed by atoms with E-state index in [0.717, 1.165) is 23.4 Å². The maximum Gasteiger partial charge on any atom is 0.416 e. The number of anilines is 2. The third kappa shape index (κ3) is 4.37. The van der Waals surface area contributed by atoms with Crippen molar-refractivity contribution in [1.82, 2.24) is 10.2 Å². The van der Waals surface area contributed by atoms with Crippen LogP contribution >= 0.6 is 0 Å². The zero-order chi connectivity index (χ0) is 20.3. The molecule has 3 aromatic rings. The van der Waals surface area contributed by atoms with Crippen molar-refractivity contribution in [2.24, 2.45) is 10.7 Å². The number of halogens is 3. The van der Waals surface area contributed by atoms with Crippen LogP contribution in [0, 0.1) is 6.92 Å². The van der Waals surface area contributed by atoms with Crippen molar-refractivity contribution in [1.29, 1.82) is 0 Å². The fourth-order valence-electron chi connectivity index (χ4n) is 2.51. The number of aryl methyl sites for hydroxylation is 1. The maximum absolute atomic E-state index is 12.6. The number of carbonyl (C=O) groups is 1. The third-order valence-electron chi connectivity index (χ3n) is 3.85. The number of H-pyrrole nitrogens is 1. The summed E-state index contributed by atoms with van der Waals surface area (Å²) in [4.78, 5) is 15.9. The lowest BCUT2D eigenvalue weighted by Gasteiger charge is -2.06. The largest absolute Gasteiger partial charge is 0.416 e. The third-order valence-corrected chi connectivity index (χ3v) is 3.85. The van der Waals surface area contributed by atoms with Crippen molar-refractivity contribution in [3.8, 4) is 0 Å². The molecule has 1 amide bonds. The first-order valence-electron chi connectivity index (χ1n) is 8.17. The molecule has 0 fully saturated rings. The molecule has 1 heterocycles. The van der Waals surface area contributed by atoms with Gasteiger partial charge in [0.25, 0.3) is 5.91 Å². The number of benzene rings is 2. The van der Waals surface area contributed by atoms with Gasteiger partial charge in [-0.2, -0.15) is 18.3 Å². The fourth-order valence-corrected chi connectivity index (χ4v) is 2.51. The van der Waals surface area contributed by atoms with Crippen LogP contribution in [0.3, 0.4) is 0 Å². The van der Waals surface area contributed by atoms with E-state index in [1.54, 1.807) is 0 Å². The average molecular weight is 387 g/mol. The summed E-state index contributed by atoms with van der Waals surface area (Å²) < 4.78 is 37.8. The van der Waals surface area contributed by atoms with Gasteiger partial charge in [0.05, 0.1) is 5.56 Å². The van der Waals surface area contributed by atoms with Crippen LogP contribution in [0.5, 0.6) is 0 Å². The van der Waals surface area contributed by atoms with Crippen molar-refractivity contribution in [3.05, 3.63) is 70.8 Å². The average Bonchev–Trinajstić information content (AvgIpc) is 3.02. The van der Waals surface area contributed by atoms with E-state index in [9.17, 15) is 18.0 Å². The SMILES string of the molecule is Cc1cccc(Nc2[nH]nc(N=Cc3ccc(C(F)(F)F)cc3)c2C(N)=O)c1. The van der Waals surface area contributed by atoms with E-state index >= 15 is 0 Å². The van der Waals surface area contributed by atoms with Crippen LogP contribution in [0.15, 0.2) is 53.5 Å². The van der Waals surface area contributed by atoms with Gasteiger partial charge in [-0.05, 0) is 42.3 Å².